The number of likely N-dealkylation sites (tertiary alicyclic amines) is 1. The Morgan fingerprint density at radius 2 is 2.08 bits per heavy atom. The number of halogens is 1. The molecule has 0 unspecified atom stereocenters. The highest BCUT2D eigenvalue weighted by atomic mass is 35.5. The molecule has 0 aromatic heterocycles. The van der Waals surface area contributed by atoms with Gasteiger partial charge in [0.15, 0.2) is 0 Å². The van der Waals surface area contributed by atoms with Crippen molar-refractivity contribution in [1.82, 2.24) is 4.90 Å². The summed E-state index contributed by atoms with van der Waals surface area (Å²) in [6.07, 6.45) is 0.579. The zero-order valence-electron chi connectivity index (χ0n) is 13.7. The number of nitrogens with one attached hydrogen (secondary N) is 1. The van der Waals surface area contributed by atoms with Gasteiger partial charge in [-0.3, -0.25) is 9.59 Å². The van der Waals surface area contributed by atoms with Crippen molar-refractivity contribution in [3.63, 3.8) is 0 Å². The van der Waals surface area contributed by atoms with Gasteiger partial charge < -0.3 is 15.0 Å². The van der Waals surface area contributed by atoms with E-state index in [2.05, 4.69) is 5.32 Å². The standard InChI is InChI=1S/C19H17ClN2O3/c1-25-12-6-7-16-14(10-12)19(18(24)21-16)8-9-22(11-19)17(23)13-4-2-3-5-15(13)20/h2-7,10H,8-9,11H2,1H3,(H,21,24)/t19-/m1/s1. The van der Waals surface area contributed by atoms with Crippen LogP contribution in [0.1, 0.15) is 22.3 Å². The van der Waals surface area contributed by atoms with Gasteiger partial charge in [-0.25, -0.2) is 0 Å². The Labute approximate surface area is 150 Å². The zero-order chi connectivity index (χ0) is 17.6. The summed E-state index contributed by atoms with van der Waals surface area (Å²) in [4.78, 5) is 27.2. The van der Waals surface area contributed by atoms with Crippen molar-refractivity contribution in [3.05, 3.63) is 58.6 Å². The second kappa shape index (κ2) is 5.77. The molecule has 0 radical (unpaired) electrons. The van der Waals surface area contributed by atoms with Crippen molar-refractivity contribution in [3.8, 4) is 5.75 Å². The molecule has 2 aromatic rings. The van der Waals surface area contributed by atoms with Crippen LogP contribution in [0.4, 0.5) is 5.69 Å². The molecule has 6 heteroatoms. The normalized spacial score (nSPS) is 21.4. The first-order valence-corrected chi connectivity index (χ1v) is 8.47. The Morgan fingerprint density at radius 1 is 1.28 bits per heavy atom. The Hall–Kier alpha value is -2.53. The summed E-state index contributed by atoms with van der Waals surface area (Å²) >= 11 is 6.15. The molecule has 2 aliphatic rings. The maximum Gasteiger partial charge on any atom is 0.255 e. The van der Waals surface area contributed by atoms with Gasteiger partial charge in [0.2, 0.25) is 5.91 Å². The Bertz CT molecular complexity index is 883. The van der Waals surface area contributed by atoms with E-state index in [1.807, 2.05) is 18.2 Å². The average molecular weight is 357 g/mol. The lowest BCUT2D eigenvalue weighted by Crippen LogP contribution is -2.39. The molecule has 1 N–H and O–H groups in total. The summed E-state index contributed by atoms with van der Waals surface area (Å²) in [6.45, 7) is 0.844. The number of anilines is 1. The fourth-order valence-corrected chi connectivity index (χ4v) is 3.93. The van der Waals surface area contributed by atoms with Gasteiger partial charge in [-0.05, 0) is 42.3 Å². The van der Waals surface area contributed by atoms with Crippen molar-refractivity contribution in [1.29, 1.82) is 0 Å². The van der Waals surface area contributed by atoms with Crippen molar-refractivity contribution in [2.45, 2.75) is 11.8 Å². The minimum atomic E-state index is -0.721. The third-order valence-electron chi connectivity index (χ3n) is 5.09. The molecule has 0 aliphatic carbocycles. The monoisotopic (exact) mass is 356 g/mol. The van der Waals surface area contributed by atoms with Gasteiger partial charge >= 0.3 is 0 Å². The summed E-state index contributed by atoms with van der Waals surface area (Å²) < 4.78 is 5.30. The Balaban J connectivity index is 1.68. The van der Waals surface area contributed by atoms with E-state index < -0.39 is 5.41 Å². The second-order valence-electron chi connectivity index (χ2n) is 6.40. The van der Waals surface area contributed by atoms with E-state index in [0.717, 1.165) is 11.3 Å². The van der Waals surface area contributed by atoms with E-state index in [9.17, 15) is 9.59 Å². The van der Waals surface area contributed by atoms with Crippen LogP contribution in [0.25, 0.3) is 0 Å². The number of carbonyl (C=O) groups is 2. The van der Waals surface area contributed by atoms with E-state index in [-0.39, 0.29) is 11.8 Å². The topological polar surface area (TPSA) is 58.6 Å². The van der Waals surface area contributed by atoms with Crippen molar-refractivity contribution >= 4 is 29.1 Å². The number of hydrogen-bond donors (Lipinski definition) is 1. The first kappa shape index (κ1) is 16.0. The lowest BCUT2D eigenvalue weighted by molar-refractivity contribution is -0.120. The van der Waals surface area contributed by atoms with Crippen LogP contribution in [-0.4, -0.2) is 36.9 Å². The number of methoxy groups -OCH3 is 1. The molecule has 1 atom stereocenters. The van der Waals surface area contributed by atoms with Gasteiger partial charge in [-0.15, -0.1) is 0 Å². The van der Waals surface area contributed by atoms with Crippen LogP contribution in [0.3, 0.4) is 0 Å². The molecule has 128 valence electrons. The van der Waals surface area contributed by atoms with Gasteiger partial charge in [-0.1, -0.05) is 23.7 Å². The zero-order valence-corrected chi connectivity index (χ0v) is 14.5. The molecule has 0 saturated carbocycles. The highest BCUT2D eigenvalue weighted by molar-refractivity contribution is 6.33. The molecular weight excluding hydrogens is 340 g/mol. The molecule has 25 heavy (non-hydrogen) atoms. The molecule has 1 fully saturated rings. The summed E-state index contributed by atoms with van der Waals surface area (Å²) in [5.74, 6) is 0.488. The van der Waals surface area contributed by atoms with Gasteiger partial charge in [0, 0.05) is 18.8 Å². The molecule has 2 heterocycles. The van der Waals surface area contributed by atoms with Gasteiger partial charge in [0.05, 0.1) is 23.1 Å². The highest BCUT2D eigenvalue weighted by Gasteiger charge is 2.52. The Kier molecular flexibility index (Phi) is 3.69. The maximum atomic E-state index is 12.8. The lowest BCUT2D eigenvalue weighted by Gasteiger charge is -2.23. The predicted octanol–water partition coefficient (Wildman–Crippen LogP) is 3.08. The smallest absolute Gasteiger partial charge is 0.255 e. The van der Waals surface area contributed by atoms with E-state index in [0.29, 0.717) is 35.8 Å². The fraction of sp³-hybridized carbons (Fsp3) is 0.263. The van der Waals surface area contributed by atoms with E-state index >= 15 is 0 Å². The highest BCUT2D eigenvalue weighted by Crippen LogP contribution is 2.45. The first-order valence-electron chi connectivity index (χ1n) is 8.09. The van der Waals surface area contributed by atoms with Gasteiger partial charge in [-0.2, -0.15) is 0 Å². The minimum Gasteiger partial charge on any atom is -0.497 e. The van der Waals surface area contributed by atoms with Gasteiger partial charge in [0.1, 0.15) is 5.75 Å². The lowest BCUT2D eigenvalue weighted by atomic mass is 9.81. The predicted molar refractivity (Wildman–Crippen MR) is 95.3 cm³/mol. The number of fused-ring (bicyclic) bond motifs is 2. The second-order valence-corrected chi connectivity index (χ2v) is 6.81. The SMILES string of the molecule is COc1ccc2c(c1)[C@]1(CCN(C(=O)c3ccccc3Cl)C1)C(=O)N2. The fourth-order valence-electron chi connectivity index (χ4n) is 3.71. The minimum absolute atomic E-state index is 0.0646. The third kappa shape index (κ3) is 2.38. The summed E-state index contributed by atoms with van der Waals surface area (Å²) in [7, 11) is 1.60. The van der Waals surface area contributed by atoms with Crippen LogP contribution in [0.5, 0.6) is 5.75 Å². The number of ether oxygens (including phenoxy) is 1. The number of nitrogens with zero attached hydrogens (tertiary/aromatic N) is 1. The number of rotatable bonds is 2. The molecule has 2 amide bonds. The van der Waals surface area contributed by atoms with Crippen LogP contribution in [-0.2, 0) is 10.2 Å². The molecule has 1 saturated heterocycles. The van der Waals surface area contributed by atoms with Crippen molar-refractivity contribution < 1.29 is 14.3 Å². The van der Waals surface area contributed by atoms with Gasteiger partial charge in [0.25, 0.3) is 5.91 Å². The van der Waals surface area contributed by atoms with Crippen LogP contribution in [0, 0.1) is 0 Å². The van der Waals surface area contributed by atoms with Crippen molar-refractivity contribution in [2.75, 3.05) is 25.5 Å². The maximum absolute atomic E-state index is 12.8. The number of carbonyl (C=O) groups excluding carboxylic acids is 2. The molecule has 4 rings (SSSR count). The number of amides is 2. The Morgan fingerprint density at radius 3 is 2.84 bits per heavy atom. The molecule has 2 aromatic carbocycles. The quantitative estimate of drug-likeness (QED) is 0.899. The first-order chi connectivity index (χ1) is 12.0. The molecule has 1 spiro atoms. The molecular formula is C19H17ClN2O3. The summed E-state index contributed by atoms with van der Waals surface area (Å²) in [5.41, 5.74) is 1.43. The van der Waals surface area contributed by atoms with Crippen LogP contribution >= 0.6 is 11.6 Å². The molecule has 0 bridgehead atoms. The summed E-state index contributed by atoms with van der Waals surface area (Å²) in [6, 6.07) is 12.5. The van der Waals surface area contributed by atoms with E-state index in [4.69, 9.17) is 16.3 Å². The van der Waals surface area contributed by atoms with Crippen molar-refractivity contribution in [2.24, 2.45) is 0 Å². The molecule has 5 nitrogen and oxygen atoms in total. The summed E-state index contributed by atoms with van der Waals surface area (Å²) in [5, 5.41) is 3.36. The molecule has 2 aliphatic heterocycles. The largest absolute Gasteiger partial charge is 0.497 e. The van der Waals surface area contributed by atoms with Crippen LogP contribution in [0.15, 0.2) is 42.5 Å². The number of benzene rings is 2. The van der Waals surface area contributed by atoms with Crippen LogP contribution < -0.4 is 10.1 Å². The van der Waals surface area contributed by atoms with Crippen LogP contribution in [0.2, 0.25) is 5.02 Å². The average Bonchev–Trinajstić information content (AvgIpc) is 3.18. The van der Waals surface area contributed by atoms with E-state index in [1.165, 1.54) is 0 Å². The third-order valence-corrected chi connectivity index (χ3v) is 5.42. The number of hydrogen-bond acceptors (Lipinski definition) is 3. The van der Waals surface area contributed by atoms with E-state index in [1.54, 1.807) is 36.3 Å².